The Kier molecular flexibility index (Phi) is 5.75. The molecule has 2 heterocycles. The molecule has 2 N–H and O–H groups in total. The van der Waals surface area contributed by atoms with Gasteiger partial charge in [0.05, 0.1) is 25.0 Å². The van der Waals surface area contributed by atoms with Crippen LogP contribution >= 0.6 is 0 Å². The lowest BCUT2D eigenvalue weighted by atomic mass is 10.1. The van der Waals surface area contributed by atoms with Gasteiger partial charge in [0.25, 0.3) is 0 Å². The van der Waals surface area contributed by atoms with Gasteiger partial charge in [-0.15, -0.1) is 0 Å². The van der Waals surface area contributed by atoms with Gasteiger partial charge in [-0.25, -0.2) is 0 Å². The highest BCUT2D eigenvalue weighted by Gasteiger charge is 2.11. The van der Waals surface area contributed by atoms with Gasteiger partial charge in [-0.1, -0.05) is 25.0 Å². The third-order valence-corrected chi connectivity index (χ3v) is 4.71. The molecule has 1 aromatic carbocycles. The fourth-order valence-corrected chi connectivity index (χ4v) is 3.30. The van der Waals surface area contributed by atoms with Crippen molar-refractivity contribution in [3.05, 3.63) is 42.2 Å². The minimum atomic E-state index is 0.106. The van der Waals surface area contributed by atoms with E-state index in [4.69, 9.17) is 5.11 Å². The summed E-state index contributed by atoms with van der Waals surface area (Å²) in [5.41, 5.74) is 3.58. The molecule has 0 amide bonds. The van der Waals surface area contributed by atoms with E-state index in [0.29, 0.717) is 6.54 Å². The summed E-state index contributed by atoms with van der Waals surface area (Å²) >= 11 is 0. The van der Waals surface area contributed by atoms with Crippen LogP contribution in [0.2, 0.25) is 0 Å². The summed E-state index contributed by atoms with van der Waals surface area (Å²) < 4.78 is 1.75. The number of nitrogens with zero attached hydrogens (tertiary/aromatic N) is 3. The summed E-state index contributed by atoms with van der Waals surface area (Å²) in [6.45, 7) is 5.15. The Morgan fingerprint density at radius 3 is 2.50 bits per heavy atom. The zero-order valence-corrected chi connectivity index (χ0v) is 14.5. The molecule has 24 heavy (non-hydrogen) atoms. The number of hydrogen-bond acceptors (Lipinski definition) is 4. The van der Waals surface area contributed by atoms with Crippen molar-refractivity contribution in [3.63, 3.8) is 0 Å². The zero-order chi connectivity index (χ0) is 16.8. The molecule has 1 aliphatic heterocycles. The van der Waals surface area contributed by atoms with Gasteiger partial charge in [0.15, 0.2) is 0 Å². The summed E-state index contributed by atoms with van der Waals surface area (Å²) in [6, 6.07) is 9.14. The van der Waals surface area contributed by atoms with Gasteiger partial charge in [-0.2, -0.15) is 5.10 Å². The minimum absolute atomic E-state index is 0.106. The van der Waals surface area contributed by atoms with E-state index in [9.17, 15) is 0 Å². The van der Waals surface area contributed by atoms with Crippen molar-refractivity contribution in [2.75, 3.05) is 29.9 Å². The molecule has 5 nitrogen and oxygen atoms in total. The number of hydrogen-bond donors (Lipinski definition) is 2. The van der Waals surface area contributed by atoms with Crippen LogP contribution in [-0.4, -0.2) is 34.6 Å². The predicted molar refractivity (Wildman–Crippen MR) is 98.5 cm³/mol. The Balaban J connectivity index is 1.61. The Morgan fingerprint density at radius 2 is 1.83 bits per heavy atom. The normalized spacial score (nSPS) is 16.7. The molecule has 1 aromatic heterocycles. The van der Waals surface area contributed by atoms with Crippen molar-refractivity contribution < 1.29 is 5.11 Å². The van der Waals surface area contributed by atoms with Gasteiger partial charge in [-0.3, -0.25) is 4.68 Å². The molecule has 1 unspecified atom stereocenters. The average molecular weight is 328 g/mol. The van der Waals surface area contributed by atoms with Crippen LogP contribution < -0.4 is 10.2 Å². The number of nitrogens with one attached hydrogen (secondary N) is 1. The van der Waals surface area contributed by atoms with Crippen molar-refractivity contribution in [1.82, 2.24) is 9.78 Å². The monoisotopic (exact) mass is 328 g/mol. The topological polar surface area (TPSA) is 53.3 Å². The highest BCUT2D eigenvalue weighted by Crippen LogP contribution is 2.24. The number of anilines is 2. The maximum absolute atomic E-state index is 8.95. The molecule has 0 saturated carbocycles. The first kappa shape index (κ1) is 16.8. The zero-order valence-electron chi connectivity index (χ0n) is 14.5. The van der Waals surface area contributed by atoms with Crippen molar-refractivity contribution in [1.29, 1.82) is 0 Å². The van der Waals surface area contributed by atoms with Crippen LogP contribution in [0.3, 0.4) is 0 Å². The standard InChI is InChI=1S/C19H28N4O/c1-16(21-18-14-20-23(15-18)12-13-24)17-6-8-19(9-7-17)22-10-4-2-3-5-11-22/h6-9,14-16,21,24H,2-5,10-13H2,1H3. The van der Waals surface area contributed by atoms with Crippen molar-refractivity contribution >= 4 is 11.4 Å². The molecule has 1 saturated heterocycles. The Labute approximate surface area is 144 Å². The second-order valence-corrected chi connectivity index (χ2v) is 6.57. The molecule has 5 heteroatoms. The number of benzene rings is 1. The number of rotatable bonds is 6. The minimum Gasteiger partial charge on any atom is -0.394 e. The van der Waals surface area contributed by atoms with E-state index in [2.05, 4.69) is 46.5 Å². The van der Waals surface area contributed by atoms with E-state index in [-0.39, 0.29) is 12.6 Å². The summed E-state index contributed by atoms with van der Waals surface area (Å²) in [7, 11) is 0. The van der Waals surface area contributed by atoms with E-state index in [1.165, 1.54) is 50.0 Å². The second kappa shape index (κ2) is 8.20. The van der Waals surface area contributed by atoms with Gasteiger partial charge < -0.3 is 15.3 Å². The van der Waals surface area contributed by atoms with E-state index in [1.807, 2.05) is 6.20 Å². The maximum atomic E-state index is 8.95. The highest BCUT2D eigenvalue weighted by molar-refractivity contribution is 5.49. The summed E-state index contributed by atoms with van der Waals surface area (Å²) in [6.07, 6.45) is 9.06. The third kappa shape index (κ3) is 4.29. The Morgan fingerprint density at radius 1 is 1.12 bits per heavy atom. The molecule has 1 fully saturated rings. The van der Waals surface area contributed by atoms with Crippen LogP contribution in [0.15, 0.2) is 36.7 Å². The number of aliphatic hydroxyl groups excluding tert-OH is 1. The largest absolute Gasteiger partial charge is 0.394 e. The summed E-state index contributed by atoms with van der Waals surface area (Å²) in [5, 5.41) is 16.6. The van der Waals surface area contributed by atoms with Gasteiger partial charge in [0.1, 0.15) is 0 Å². The molecular weight excluding hydrogens is 300 g/mol. The van der Waals surface area contributed by atoms with Gasteiger partial charge in [-0.05, 0) is 37.5 Å². The molecule has 1 aliphatic rings. The first-order valence-corrected chi connectivity index (χ1v) is 9.01. The third-order valence-electron chi connectivity index (χ3n) is 4.71. The molecule has 1 atom stereocenters. The van der Waals surface area contributed by atoms with Crippen LogP contribution in [0.25, 0.3) is 0 Å². The van der Waals surface area contributed by atoms with Gasteiger partial charge in [0, 0.05) is 31.0 Å². The van der Waals surface area contributed by atoms with E-state index >= 15 is 0 Å². The molecular formula is C19H28N4O. The van der Waals surface area contributed by atoms with Crippen LogP contribution in [0.1, 0.15) is 44.2 Å². The molecule has 0 bridgehead atoms. The molecule has 2 aromatic rings. The molecule has 3 rings (SSSR count). The smallest absolute Gasteiger partial charge is 0.0731 e. The first-order chi connectivity index (χ1) is 11.8. The average Bonchev–Trinajstić information content (AvgIpc) is 2.86. The van der Waals surface area contributed by atoms with Crippen molar-refractivity contribution in [3.8, 4) is 0 Å². The SMILES string of the molecule is CC(Nc1cnn(CCO)c1)c1ccc(N2CCCCCC2)cc1. The lowest BCUT2D eigenvalue weighted by Gasteiger charge is -2.23. The van der Waals surface area contributed by atoms with Gasteiger partial charge in [0.2, 0.25) is 0 Å². The maximum Gasteiger partial charge on any atom is 0.0731 e. The van der Waals surface area contributed by atoms with Crippen LogP contribution in [0, 0.1) is 0 Å². The Bertz CT molecular complexity index is 615. The van der Waals surface area contributed by atoms with Crippen LogP contribution in [0.4, 0.5) is 11.4 Å². The lowest BCUT2D eigenvalue weighted by Crippen LogP contribution is -2.23. The second-order valence-electron chi connectivity index (χ2n) is 6.57. The fraction of sp³-hybridized carbons (Fsp3) is 0.526. The summed E-state index contributed by atoms with van der Waals surface area (Å²) in [4.78, 5) is 2.51. The van der Waals surface area contributed by atoms with Crippen LogP contribution in [0.5, 0.6) is 0 Å². The predicted octanol–water partition coefficient (Wildman–Crippen LogP) is 3.43. The molecule has 130 valence electrons. The first-order valence-electron chi connectivity index (χ1n) is 9.01. The van der Waals surface area contributed by atoms with Crippen LogP contribution in [-0.2, 0) is 6.54 Å². The highest BCUT2D eigenvalue weighted by atomic mass is 16.3. The van der Waals surface area contributed by atoms with E-state index in [1.54, 1.807) is 10.9 Å². The van der Waals surface area contributed by atoms with Gasteiger partial charge >= 0.3 is 0 Å². The molecule has 0 radical (unpaired) electrons. The van der Waals surface area contributed by atoms with E-state index in [0.717, 1.165) is 5.69 Å². The lowest BCUT2D eigenvalue weighted by molar-refractivity contribution is 0.269. The van der Waals surface area contributed by atoms with E-state index < -0.39 is 0 Å². The number of aromatic nitrogens is 2. The van der Waals surface area contributed by atoms with Crippen molar-refractivity contribution in [2.45, 2.75) is 45.2 Å². The van der Waals surface area contributed by atoms with Crippen molar-refractivity contribution in [2.24, 2.45) is 0 Å². The Hall–Kier alpha value is -2.01. The quantitative estimate of drug-likeness (QED) is 0.853. The number of aliphatic hydroxyl groups is 1. The molecule has 0 spiro atoms. The fourth-order valence-electron chi connectivity index (χ4n) is 3.30. The summed E-state index contributed by atoms with van der Waals surface area (Å²) in [5.74, 6) is 0. The molecule has 0 aliphatic carbocycles.